The van der Waals surface area contributed by atoms with Gasteiger partial charge in [-0.1, -0.05) is 30.3 Å². The molecule has 1 aliphatic heterocycles. The molecule has 0 bridgehead atoms. The largest absolute Gasteiger partial charge is 0.496 e. The average molecular weight is 370 g/mol. The number of methoxy groups -OCH3 is 1. The lowest BCUT2D eigenvalue weighted by molar-refractivity contribution is 0.371. The van der Waals surface area contributed by atoms with Crippen molar-refractivity contribution in [2.75, 3.05) is 51.8 Å². The van der Waals surface area contributed by atoms with E-state index in [1.807, 2.05) is 30.3 Å². The molecule has 27 heavy (non-hydrogen) atoms. The summed E-state index contributed by atoms with van der Waals surface area (Å²) in [7, 11) is 3.49. The molecule has 0 unspecified atom stereocenters. The normalized spacial score (nSPS) is 15.0. The van der Waals surface area contributed by atoms with E-state index in [1.165, 1.54) is 11.6 Å². The number of ether oxygens (including phenoxy) is 1. The number of nitrogens with zero attached hydrogens (tertiary/aromatic N) is 3. The van der Waals surface area contributed by atoms with Crippen molar-refractivity contribution in [3.05, 3.63) is 59.9 Å². The van der Waals surface area contributed by atoms with Crippen molar-refractivity contribution in [3.8, 4) is 5.75 Å². The number of anilines is 1. The fraction of sp³-hybridized carbons (Fsp3) is 0.381. The van der Waals surface area contributed by atoms with Crippen molar-refractivity contribution in [1.29, 1.82) is 0 Å². The number of piperazine rings is 1. The molecule has 0 aliphatic carbocycles. The van der Waals surface area contributed by atoms with Crippen LogP contribution in [0.2, 0.25) is 0 Å². The van der Waals surface area contributed by atoms with E-state index >= 15 is 0 Å². The van der Waals surface area contributed by atoms with Crippen LogP contribution in [0.25, 0.3) is 0 Å². The van der Waals surface area contributed by atoms with Gasteiger partial charge in [-0.2, -0.15) is 0 Å². The summed E-state index contributed by atoms with van der Waals surface area (Å²) in [6.45, 7) is 3.94. The van der Waals surface area contributed by atoms with Crippen LogP contribution in [0.1, 0.15) is 5.56 Å². The van der Waals surface area contributed by atoms with E-state index in [1.54, 1.807) is 20.2 Å². The Bertz CT molecular complexity index is 772. The van der Waals surface area contributed by atoms with Gasteiger partial charge in [-0.3, -0.25) is 4.99 Å². The third-order valence-electron chi connectivity index (χ3n) is 4.85. The number of halogens is 1. The molecule has 144 valence electrons. The predicted molar refractivity (Wildman–Crippen MR) is 108 cm³/mol. The van der Waals surface area contributed by atoms with E-state index in [-0.39, 0.29) is 5.82 Å². The standard InChI is InChI=1S/C21H27FN4O/c1-23-21(24-12-11-17-7-3-6-10-20(17)27-2)26-15-13-25(14-16-26)19-9-5-4-8-18(19)22/h3-10H,11-16H2,1-2H3,(H,23,24). The minimum absolute atomic E-state index is 0.162. The Morgan fingerprint density at radius 3 is 2.48 bits per heavy atom. The first-order valence-electron chi connectivity index (χ1n) is 9.30. The maximum absolute atomic E-state index is 14.0. The molecule has 1 heterocycles. The van der Waals surface area contributed by atoms with Gasteiger partial charge in [0.05, 0.1) is 12.8 Å². The van der Waals surface area contributed by atoms with Crippen molar-refractivity contribution >= 4 is 11.6 Å². The Morgan fingerprint density at radius 2 is 1.78 bits per heavy atom. The van der Waals surface area contributed by atoms with Gasteiger partial charge in [0, 0.05) is 39.8 Å². The Labute approximate surface area is 160 Å². The van der Waals surface area contributed by atoms with Gasteiger partial charge in [0.25, 0.3) is 0 Å². The van der Waals surface area contributed by atoms with Crippen LogP contribution < -0.4 is 15.0 Å². The first-order chi connectivity index (χ1) is 13.2. The van der Waals surface area contributed by atoms with Crippen molar-refractivity contribution in [3.63, 3.8) is 0 Å². The highest BCUT2D eigenvalue weighted by Gasteiger charge is 2.21. The number of guanidine groups is 1. The van der Waals surface area contributed by atoms with Crippen LogP contribution in [0, 0.1) is 5.82 Å². The minimum Gasteiger partial charge on any atom is -0.496 e. The van der Waals surface area contributed by atoms with E-state index in [9.17, 15) is 4.39 Å². The molecule has 0 amide bonds. The second kappa shape index (κ2) is 9.26. The zero-order valence-corrected chi connectivity index (χ0v) is 16.0. The number of rotatable bonds is 5. The summed E-state index contributed by atoms with van der Waals surface area (Å²) >= 11 is 0. The van der Waals surface area contributed by atoms with Gasteiger partial charge in [-0.05, 0) is 30.2 Å². The number of para-hydroxylation sites is 2. The quantitative estimate of drug-likeness (QED) is 0.649. The van der Waals surface area contributed by atoms with Crippen LogP contribution in [-0.2, 0) is 6.42 Å². The van der Waals surface area contributed by atoms with Crippen molar-refractivity contribution in [2.24, 2.45) is 4.99 Å². The minimum atomic E-state index is -0.162. The summed E-state index contributed by atoms with van der Waals surface area (Å²) in [6, 6.07) is 15.0. The molecular weight excluding hydrogens is 343 g/mol. The lowest BCUT2D eigenvalue weighted by Gasteiger charge is -2.37. The molecule has 0 saturated carbocycles. The second-order valence-electron chi connectivity index (χ2n) is 6.46. The average Bonchev–Trinajstić information content (AvgIpc) is 2.72. The summed E-state index contributed by atoms with van der Waals surface area (Å²) in [5.74, 6) is 1.64. The molecule has 6 heteroatoms. The summed E-state index contributed by atoms with van der Waals surface area (Å²) < 4.78 is 19.4. The van der Waals surface area contributed by atoms with E-state index in [2.05, 4.69) is 26.2 Å². The number of nitrogens with one attached hydrogen (secondary N) is 1. The molecule has 0 atom stereocenters. The number of benzene rings is 2. The second-order valence-corrected chi connectivity index (χ2v) is 6.46. The van der Waals surface area contributed by atoms with Crippen LogP contribution >= 0.6 is 0 Å². The summed E-state index contributed by atoms with van der Waals surface area (Å²) in [5.41, 5.74) is 1.85. The fourth-order valence-corrected chi connectivity index (χ4v) is 3.42. The van der Waals surface area contributed by atoms with Crippen molar-refractivity contribution in [2.45, 2.75) is 6.42 Å². The Morgan fingerprint density at radius 1 is 1.07 bits per heavy atom. The molecule has 1 aliphatic rings. The highest BCUT2D eigenvalue weighted by molar-refractivity contribution is 5.80. The Kier molecular flexibility index (Phi) is 6.52. The van der Waals surface area contributed by atoms with Crippen molar-refractivity contribution < 1.29 is 9.13 Å². The van der Waals surface area contributed by atoms with E-state index < -0.39 is 0 Å². The van der Waals surface area contributed by atoms with E-state index in [0.29, 0.717) is 5.69 Å². The molecule has 1 saturated heterocycles. The molecule has 2 aromatic rings. The molecule has 2 aromatic carbocycles. The molecule has 3 rings (SSSR count). The number of hydrogen-bond acceptors (Lipinski definition) is 3. The summed E-state index contributed by atoms with van der Waals surface area (Å²) in [5, 5.41) is 3.43. The first kappa shape index (κ1) is 19.0. The molecule has 5 nitrogen and oxygen atoms in total. The third-order valence-corrected chi connectivity index (χ3v) is 4.85. The van der Waals surface area contributed by atoms with E-state index in [4.69, 9.17) is 4.74 Å². The maximum atomic E-state index is 14.0. The van der Waals surface area contributed by atoms with Gasteiger partial charge < -0.3 is 19.9 Å². The maximum Gasteiger partial charge on any atom is 0.193 e. The van der Waals surface area contributed by atoms with E-state index in [0.717, 1.165) is 50.9 Å². The number of hydrogen-bond donors (Lipinski definition) is 1. The highest BCUT2D eigenvalue weighted by atomic mass is 19.1. The Hall–Kier alpha value is -2.76. The van der Waals surface area contributed by atoms with Gasteiger partial charge in [-0.25, -0.2) is 4.39 Å². The summed E-state index contributed by atoms with van der Waals surface area (Å²) in [4.78, 5) is 8.72. The molecule has 1 N–H and O–H groups in total. The Balaban J connectivity index is 1.51. The molecule has 0 spiro atoms. The topological polar surface area (TPSA) is 40.1 Å². The fourth-order valence-electron chi connectivity index (χ4n) is 3.42. The van der Waals surface area contributed by atoms with Crippen LogP contribution in [0.4, 0.5) is 10.1 Å². The van der Waals surface area contributed by atoms with Crippen LogP contribution in [0.15, 0.2) is 53.5 Å². The summed E-state index contributed by atoms with van der Waals surface area (Å²) in [6.07, 6.45) is 0.859. The molecule has 0 aromatic heterocycles. The van der Waals surface area contributed by atoms with Crippen LogP contribution in [-0.4, -0.2) is 57.7 Å². The molecule has 0 radical (unpaired) electrons. The third kappa shape index (κ3) is 4.70. The first-order valence-corrected chi connectivity index (χ1v) is 9.30. The smallest absolute Gasteiger partial charge is 0.193 e. The van der Waals surface area contributed by atoms with Crippen LogP contribution in [0.5, 0.6) is 5.75 Å². The van der Waals surface area contributed by atoms with Crippen LogP contribution in [0.3, 0.4) is 0 Å². The van der Waals surface area contributed by atoms with Gasteiger partial charge in [-0.15, -0.1) is 0 Å². The highest BCUT2D eigenvalue weighted by Crippen LogP contribution is 2.20. The zero-order valence-electron chi connectivity index (χ0n) is 16.0. The van der Waals surface area contributed by atoms with Gasteiger partial charge in [0.1, 0.15) is 11.6 Å². The molecule has 1 fully saturated rings. The lowest BCUT2D eigenvalue weighted by Crippen LogP contribution is -2.53. The number of aliphatic imine (C=N–C) groups is 1. The van der Waals surface area contributed by atoms with Gasteiger partial charge in [0.2, 0.25) is 0 Å². The van der Waals surface area contributed by atoms with Gasteiger partial charge in [0.15, 0.2) is 5.96 Å². The predicted octanol–water partition coefficient (Wildman–Crippen LogP) is 2.77. The molecular formula is C21H27FN4O. The van der Waals surface area contributed by atoms with Gasteiger partial charge >= 0.3 is 0 Å². The zero-order chi connectivity index (χ0) is 19.1. The SMILES string of the molecule is CN=C(NCCc1ccccc1OC)N1CCN(c2ccccc2F)CC1. The van der Waals surface area contributed by atoms with Crippen molar-refractivity contribution in [1.82, 2.24) is 10.2 Å². The lowest BCUT2D eigenvalue weighted by atomic mass is 10.1. The monoisotopic (exact) mass is 370 g/mol.